The second-order valence-electron chi connectivity index (χ2n) is 10.3. The molecule has 1 aliphatic heterocycles. The molecule has 4 bridgehead atoms. The van der Waals surface area contributed by atoms with E-state index in [-0.39, 0.29) is 0 Å². The van der Waals surface area contributed by atoms with Crippen LogP contribution in [-0.4, -0.2) is 23.0 Å². The summed E-state index contributed by atoms with van der Waals surface area (Å²) in [5.41, 5.74) is 13.3. The second kappa shape index (κ2) is 8.80. The maximum Gasteiger partial charge on any atom is 0.0276 e. The van der Waals surface area contributed by atoms with Crippen LogP contribution >= 0.6 is 23.5 Å². The summed E-state index contributed by atoms with van der Waals surface area (Å²) in [6, 6.07) is 20.6. The molecule has 0 aromatic heterocycles. The van der Waals surface area contributed by atoms with E-state index in [1.54, 1.807) is 11.1 Å². The number of hydrogen-bond acceptors (Lipinski definition) is 3. The molecule has 3 heteroatoms. The van der Waals surface area contributed by atoms with E-state index in [0.717, 1.165) is 35.1 Å². The molecule has 0 radical (unpaired) electrons. The largest absolute Gasteiger partial charge is 0.399 e. The van der Waals surface area contributed by atoms with Gasteiger partial charge in [0.25, 0.3) is 0 Å². The normalized spacial score (nSPS) is 23.3. The Bertz CT molecular complexity index is 1560. The number of benzene rings is 4. The predicted octanol–water partition coefficient (Wildman–Crippen LogP) is 8.19. The molecule has 1 fully saturated rings. The molecule has 0 saturated carbocycles. The second-order valence-corrected chi connectivity index (χ2v) is 12.3. The lowest BCUT2D eigenvalue weighted by molar-refractivity contribution is 0.711. The Balaban J connectivity index is 1.30. The van der Waals surface area contributed by atoms with E-state index < -0.39 is 0 Å². The number of rotatable bonds is 1. The van der Waals surface area contributed by atoms with E-state index >= 15 is 0 Å². The average Bonchev–Trinajstić information content (AvgIpc) is 2.86. The summed E-state index contributed by atoms with van der Waals surface area (Å²) in [6.07, 6.45) is 11.9. The molecular formula is C32H29NS2. The third-order valence-electron chi connectivity index (χ3n) is 7.72. The molecule has 1 nitrogen and oxygen atoms in total. The Labute approximate surface area is 215 Å². The van der Waals surface area contributed by atoms with Crippen LogP contribution in [0.5, 0.6) is 0 Å². The first-order valence-corrected chi connectivity index (χ1v) is 14.9. The fourth-order valence-corrected chi connectivity index (χ4v) is 8.39. The van der Waals surface area contributed by atoms with Crippen LogP contribution in [0, 0.1) is 5.92 Å². The summed E-state index contributed by atoms with van der Waals surface area (Å²) in [7, 11) is 0. The fraction of sp³-hybridized carbons (Fsp3) is 0.250. The average molecular weight is 492 g/mol. The van der Waals surface area contributed by atoms with Gasteiger partial charge in [-0.25, -0.2) is 0 Å². The number of hydrogen-bond donors (Lipinski definition) is 1. The molecule has 7 rings (SSSR count). The molecule has 4 aromatic rings. The van der Waals surface area contributed by atoms with Crippen LogP contribution in [0.1, 0.15) is 24.3 Å². The topological polar surface area (TPSA) is 26.0 Å². The van der Waals surface area contributed by atoms with E-state index in [4.69, 9.17) is 5.73 Å². The molecule has 4 aromatic carbocycles. The first-order valence-electron chi connectivity index (χ1n) is 12.6. The van der Waals surface area contributed by atoms with E-state index in [2.05, 4.69) is 102 Å². The molecule has 1 heterocycles. The third kappa shape index (κ3) is 3.99. The highest BCUT2D eigenvalue weighted by atomic mass is 32.2. The Hall–Kier alpha value is -2.62. The third-order valence-corrected chi connectivity index (χ3v) is 10.1. The van der Waals surface area contributed by atoms with Crippen molar-refractivity contribution in [3.05, 3.63) is 107 Å². The molecule has 2 atom stereocenters. The molecular weight excluding hydrogens is 462 g/mol. The molecule has 2 N–H and O–H groups in total. The minimum atomic E-state index is 0.344. The van der Waals surface area contributed by atoms with Crippen molar-refractivity contribution < 1.29 is 0 Å². The highest BCUT2D eigenvalue weighted by Crippen LogP contribution is 2.41. The van der Waals surface area contributed by atoms with E-state index in [0.29, 0.717) is 11.8 Å². The lowest BCUT2D eigenvalue weighted by atomic mass is 9.83. The Kier molecular flexibility index (Phi) is 5.44. The highest BCUT2D eigenvalue weighted by Gasteiger charge is 2.22. The summed E-state index contributed by atoms with van der Waals surface area (Å²) in [5.74, 6) is 5.39. The van der Waals surface area contributed by atoms with Crippen molar-refractivity contribution in [3.8, 4) is 0 Å². The summed E-state index contributed by atoms with van der Waals surface area (Å²) in [6.45, 7) is 0. The van der Waals surface area contributed by atoms with Crippen molar-refractivity contribution in [2.24, 2.45) is 11.7 Å². The van der Waals surface area contributed by atoms with Crippen LogP contribution in [0.15, 0.2) is 101 Å². The monoisotopic (exact) mass is 491 g/mol. The summed E-state index contributed by atoms with van der Waals surface area (Å²) < 4.78 is 0. The number of thioether (sulfide) groups is 2. The van der Waals surface area contributed by atoms with Crippen molar-refractivity contribution in [3.63, 3.8) is 0 Å². The maximum absolute atomic E-state index is 6.22. The first kappa shape index (κ1) is 21.6. The minimum absolute atomic E-state index is 0.344. The fourth-order valence-electron chi connectivity index (χ4n) is 6.26. The van der Waals surface area contributed by atoms with Crippen LogP contribution in [0.2, 0.25) is 0 Å². The van der Waals surface area contributed by atoms with Gasteiger partial charge < -0.3 is 5.73 Å². The molecule has 35 heavy (non-hydrogen) atoms. The van der Waals surface area contributed by atoms with Gasteiger partial charge in [0.1, 0.15) is 0 Å². The summed E-state index contributed by atoms with van der Waals surface area (Å²) >= 11 is 4.15. The smallest absolute Gasteiger partial charge is 0.0276 e. The van der Waals surface area contributed by atoms with Gasteiger partial charge in [0.15, 0.2) is 0 Å². The summed E-state index contributed by atoms with van der Waals surface area (Å²) in [5, 5.41) is 8.27. The lowest BCUT2D eigenvalue weighted by Gasteiger charge is -2.26. The van der Waals surface area contributed by atoms with Crippen molar-refractivity contribution in [1.82, 2.24) is 0 Å². The van der Waals surface area contributed by atoms with Gasteiger partial charge in [-0.2, -0.15) is 23.5 Å². The van der Waals surface area contributed by atoms with Gasteiger partial charge in [-0.15, -0.1) is 0 Å². The van der Waals surface area contributed by atoms with Crippen molar-refractivity contribution in [2.75, 3.05) is 23.0 Å². The van der Waals surface area contributed by atoms with Crippen LogP contribution in [0.3, 0.4) is 0 Å². The van der Waals surface area contributed by atoms with E-state index in [1.165, 1.54) is 49.9 Å². The van der Waals surface area contributed by atoms with E-state index in [9.17, 15) is 0 Å². The Morgan fingerprint density at radius 1 is 0.686 bits per heavy atom. The van der Waals surface area contributed by atoms with Crippen LogP contribution < -0.4 is 5.73 Å². The van der Waals surface area contributed by atoms with Crippen molar-refractivity contribution in [1.29, 1.82) is 0 Å². The standard InChI is InChI=1S/C32H29NS2/c33-28-14-22-11-23(15-28)19-35-17-21-10-20(16-34-18-22)12-27(13-21)29-8-6-26-5-4-24-2-1-3-25-7-9-30(29)32(26)31(24)25/h1-9,12-15,22,27H,10-11,16-19,33H2. The van der Waals surface area contributed by atoms with Gasteiger partial charge >= 0.3 is 0 Å². The molecule has 2 aliphatic carbocycles. The van der Waals surface area contributed by atoms with Crippen molar-refractivity contribution in [2.45, 2.75) is 18.8 Å². The van der Waals surface area contributed by atoms with Gasteiger partial charge in [-0.05, 0) is 62.7 Å². The van der Waals surface area contributed by atoms with Gasteiger partial charge in [0.05, 0.1) is 0 Å². The molecule has 3 aliphatic rings. The zero-order chi connectivity index (χ0) is 23.4. The van der Waals surface area contributed by atoms with Crippen molar-refractivity contribution >= 4 is 55.8 Å². The number of allylic oxidation sites excluding steroid dienone is 4. The molecule has 174 valence electrons. The molecule has 0 spiro atoms. The summed E-state index contributed by atoms with van der Waals surface area (Å²) in [4.78, 5) is 0. The van der Waals surface area contributed by atoms with Gasteiger partial charge in [0, 0.05) is 34.6 Å². The highest BCUT2D eigenvalue weighted by molar-refractivity contribution is 7.99. The minimum Gasteiger partial charge on any atom is -0.399 e. The van der Waals surface area contributed by atoms with Crippen LogP contribution in [-0.2, 0) is 0 Å². The Morgan fingerprint density at radius 2 is 1.37 bits per heavy atom. The first-order chi connectivity index (χ1) is 17.2. The van der Waals surface area contributed by atoms with Crippen LogP contribution in [0.25, 0.3) is 32.3 Å². The van der Waals surface area contributed by atoms with Crippen LogP contribution in [0.4, 0.5) is 0 Å². The van der Waals surface area contributed by atoms with Gasteiger partial charge in [0.2, 0.25) is 0 Å². The zero-order valence-electron chi connectivity index (χ0n) is 19.8. The zero-order valence-corrected chi connectivity index (χ0v) is 21.4. The molecule has 0 amide bonds. The quantitative estimate of drug-likeness (QED) is 0.215. The van der Waals surface area contributed by atoms with Gasteiger partial charge in [-0.1, -0.05) is 89.5 Å². The SMILES string of the molecule is NC1=CC2CSCC3=CC(c4ccc5ccc6cccc7ccc4c5c67)C=C(CSCC(=C1)C2)C3. The Morgan fingerprint density at radius 3 is 2.20 bits per heavy atom. The predicted molar refractivity (Wildman–Crippen MR) is 157 cm³/mol. The molecule has 1 saturated heterocycles. The number of nitrogens with two attached hydrogens (primary N) is 1. The van der Waals surface area contributed by atoms with Gasteiger partial charge in [-0.3, -0.25) is 0 Å². The number of fused-ring (bicyclic) bond motifs is 4. The lowest BCUT2D eigenvalue weighted by Crippen LogP contribution is -2.14. The van der Waals surface area contributed by atoms with E-state index in [1.807, 2.05) is 0 Å². The molecule has 2 unspecified atom stereocenters. The maximum atomic E-state index is 6.22.